The molecule has 118 valence electrons. The van der Waals surface area contributed by atoms with Gasteiger partial charge in [0.2, 0.25) is 0 Å². The maximum absolute atomic E-state index is 12.1. The van der Waals surface area contributed by atoms with E-state index < -0.39 is 5.91 Å². The Bertz CT molecular complexity index is 839. The second-order valence-electron chi connectivity index (χ2n) is 5.15. The first-order valence-electron chi connectivity index (χ1n) is 7.33. The maximum Gasteiger partial charge on any atom is 0.267 e. The number of amides is 1. The largest absolute Gasteiger partial charge is 0.386 e. The van der Waals surface area contributed by atoms with Gasteiger partial charge < -0.3 is 10.6 Å². The summed E-state index contributed by atoms with van der Waals surface area (Å²) < 4.78 is 0. The van der Waals surface area contributed by atoms with Crippen molar-refractivity contribution >= 4 is 11.6 Å². The molecule has 0 aromatic heterocycles. The number of anilines is 1. The normalized spacial score (nSPS) is 10.4. The van der Waals surface area contributed by atoms with Crippen molar-refractivity contribution in [3.63, 3.8) is 0 Å². The zero-order valence-corrected chi connectivity index (χ0v) is 13.2. The number of aryl methyl sites for hydroxylation is 1. The highest BCUT2D eigenvalue weighted by Crippen LogP contribution is 2.14. The average Bonchev–Trinajstić information content (AvgIpc) is 2.60. The number of benzene rings is 2. The summed E-state index contributed by atoms with van der Waals surface area (Å²) >= 11 is 0. The highest BCUT2D eigenvalue weighted by Gasteiger charge is 2.11. The van der Waals surface area contributed by atoms with Gasteiger partial charge in [0.15, 0.2) is 0 Å². The minimum atomic E-state index is -0.559. The lowest BCUT2D eigenvalue weighted by Crippen LogP contribution is -2.17. The molecule has 0 saturated carbocycles. The van der Waals surface area contributed by atoms with Gasteiger partial charge in [-0.15, -0.1) is 0 Å². The molecule has 0 fully saturated rings. The summed E-state index contributed by atoms with van der Waals surface area (Å²) in [6.07, 6.45) is 1.38. The number of hydrogen-bond acceptors (Lipinski definition) is 4. The first-order chi connectivity index (χ1) is 11.6. The van der Waals surface area contributed by atoms with E-state index in [0.717, 1.165) is 5.56 Å². The first kappa shape index (κ1) is 16.8. The monoisotopic (exact) mass is 316 g/mol. The molecule has 0 bridgehead atoms. The molecule has 0 aliphatic carbocycles. The van der Waals surface area contributed by atoms with Crippen LogP contribution in [0.2, 0.25) is 0 Å². The van der Waals surface area contributed by atoms with E-state index in [-0.39, 0.29) is 5.57 Å². The van der Waals surface area contributed by atoms with Gasteiger partial charge in [0.25, 0.3) is 5.91 Å². The number of hydrogen-bond donors (Lipinski definition) is 2. The minimum absolute atomic E-state index is 0.0603. The van der Waals surface area contributed by atoms with Crippen molar-refractivity contribution in [1.29, 1.82) is 10.5 Å². The van der Waals surface area contributed by atoms with Crippen molar-refractivity contribution in [2.45, 2.75) is 13.5 Å². The lowest BCUT2D eigenvalue weighted by Gasteiger charge is -2.07. The van der Waals surface area contributed by atoms with E-state index in [1.807, 2.05) is 43.3 Å². The molecule has 0 aliphatic heterocycles. The van der Waals surface area contributed by atoms with Crippen LogP contribution >= 0.6 is 0 Å². The summed E-state index contributed by atoms with van der Waals surface area (Å²) in [6.45, 7) is 2.52. The van der Waals surface area contributed by atoms with Crippen LogP contribution in [0.25, 0.3) is 0 Å². The van der Waals surface area contributed by atoms with Gasteiger partial charge in [0.1, 0.15) is 17.7 Å². The Morgan fingerprint density at radius 3 is 2.50 bits per heavy atom. The van der Waals surface area contributed by atoms with Crippen molar-refractivity contribution in [3.8, 4) is 12.1 Å². The Balaban J connectivity index is 2.02. The van der Waals surface area contributed by atoms with Crippen molar-refractivity contribution < 1.29 is 4.79 Å². The fourth-order valence-corrected chi connectivity index (χ4v) is 2.00. The molecule has 2 N–H and O–H groups in total. The molecule has 0 unspecified atom stereocenters. The molecule has 0 aliphatic rings. The molecule has 2 aromatic carbocycles. The average molecular weight is 316 g/mol. The fourth-order valence-electron chi connectivity index (χ4n) is 2.00. The number of carbonyl (C=O) groups excluding carboxylic acids is 1. The number of rotatable bonds is 5. The lowest BCUT2D eigenvalue weighted by molar-refractivity contribution is -0.112. The Morgan fingerprint density at radius 1 is 1.12 bits per heavy atom. The number of carbonyl (C=O) groups is 1. The van der Waals surface area contributed by atoms with Crippen molar-refractivity contribution in [2.24, 2.45) is 0 Å². The molecule has 2 rings (SSSR count). The summed E-state index contributed by atoms with van der Waals surface area (Å²) in [4.78, 5) is 12.1. The molecule has 0 spiro atoms. The number of nitrogens with one attached hydrogen (secondary N) is 2. The minimum Gasteiger partial charge on any atom is -0.386 e. The lowest BCUT2D eigenvalue weighted by atomic mass is 10.1. The molecule has 0 saturated heterocycles. The third kappa shape index (κ3) is 4.46. The smallest absolute Gasteiger partial charge is 0.267 e. The van der Waals surface area contributed by atoms with Gasteiger partial charge in [0.05, 0.1) is 11.3 Å². The van der Waals surface area contributed by atoms with Crippen LogP contribution in [0.4, 0.5) is 5.69 Å². The van der Waals surface area contributed by atoms with Crippen molar-refractivity contribution in [2.75, 3.05) is 5.32 Å². The Labute approximate surface area is 140 Å². The van der Waals surface area contributed by atoms with Crippen LogP contribution in [0, 0.1) is 29.6 Å². The summed E-state index contributed by atoms with van der Waals surface area (Å²) in [5.41, 5.74) is 2.88. The third-order valence-electron chi connectivity index (χ3n) is 3.33. The molecule has 5 nitrogen and oxygen atoms in total. The van der Waals surface area contributed by atoms with E-state index in [4.69, 9.17) is 10.5 Å². The summed E-state index contributed by atoms with van der Waals surface area (Å²) in [6, 6.07) is 18.4. The van der Waals surface area contributed by atoms with Crippen LogP contribution in [0.1, 0.15) is 16.7 Å². The predicted molar refractivity (Wildman–Crippen MR) is 91.5 cm³/mol. The van der Waals surface area contributed by atoms with Gasteiger partial charge in [0, 0.05) is 12.7 Å². The van der Waals surface area contributed by atoms with E-state index in [1.165, 1.54) is 11.8 Å². The maximum atomic E-state index is 12.1. The van der Waals surface area contributed by atoms with Gasteiger partial charge in [-0.2, -0.15) is 10.5 Å². The Morgan fingerprint density at radius 2 is 1.83 bits per heavy atom. The topological polar surface area (TPSA) is 88.7 Å². The van der Waals surface area contributed by atoms with Crippen LogP contribution in [0.3, 0.4) is 0 Å². The van der Waals surface area contributed by atoms with Gasteiger partial charge in [-0.3, -0.25) is 4.79 Å². The Kier molecular flexibility index (Phi) is 5.71. The molecule has 1 amide bonds. The second kappa shape index (κ2) is 8.17. The van der Waals surface area contributed by atoms with E-state index in [0.29, 0.717) is 17.8 Å². The second-order valence-corrected chi connectivity index (χ2v) is 5.15. The van der Waals surface area contributed by atoms with Gasteiger partial charge in [-0.25, -0.2) is 0 Å². The molecule has 2 aromatic rings. The van der Waals surface area contributed by atoms with Crippen molar-refractivity contribution in [1.82, 2.24) is 5.32 Å². The molecule has 5 heteroatoms. The standard InChI is InChI=1S/C19H16N4O/c1-14-6-8-15(9-7-14)12-22-13-17(11-21)19(24)23-18-5-3-2-4-16(18)10-20/h2-9,13,22H,12H2,1H3,(H,23,24)/b17-13-. The fraction of sp³-hybridized carbons (Fsp3) is 0.105. The molecular formula is C19H16N4O. The van der Waals surface area contributed by atoms with E-state index in [2.05, 4.69) is 10.6 Å². The van der Waals surface area contributed by atoms with Crippen LogP contribution in [-0.4, -0.2) is 5.91 Å². The quantitative estimate of drug-likeness (QED) is 0.655. The molecule has 0 radical (unpaired) electrons. The van der Waals surface area contributed by atoms with Crippen LogP contribution in [0.15, 0.2) is 60.3 Å². The SMILES string of the molecule is Cc1ccc(CN/C=C(/C#N)C(=O)Nc2ccccc2C#N)cc1. The van der Waals surface area contributed by atoms with Crippen LogP contribution in [0.5, 0.6) is 0 Å². The third-order valence-corrected chi connectivity index (χ3v) is 3.33. The summed E-state index contributed by atoms with van der Waals surface area (Å²) in [7, 11) is 0. The number of para-hydroxylation sites is 1. The molecular weight excluding hydrogens is 300 g/mol. The van der Waals surface area contributed by atoms with Crippen LogP contribution in [-0.2, 0) is 11.3 Å². The summed E-state index contributed by atoms with van der Waals surface area (Å²) in [5, 5.41) is 23.7. The van der Waals surface area contributed by atoms with Gasteiger partial charge >= 0.3 is 0 Å². The molecule has 0 heterocycles. The van der Waals surface area contributed by atoms with Gasteiger partial charge in [-0.1, -0.05) is 42.0 Å². The van der Waals surface area contributed by atoms with Gasteiger partial charge in [-0.05, 0) is 24.6 Å². The first-order valence-corrected chi connectivity index (χ1v) is 7.33. The molecule has 0 atom stereocenters. The van der Waals surface area contributed by atoms with E-state index >= 15 is 0 Å². The number of nitriles is 2. The highest BCUT2D eigenvalue weighted by molar-refractivity contribution is 6.07. The van der Waals surface area contributed by atoms with Crippen molar-refractivity contribution in [3.05, 3.63) is 77.0 Å². The van der Waals surface area contributed by atoms with Crippen LogP contribution < -0.4 is 10.6 Å². The zero-order chi connectivity index (χ0) is 17.4. The Hall–Kier alpha value is -3.57. The van der Waals surface area contributed by atoms with E-state index in [1.54, 1.807) is 24.3 Å². The number of nitrogens with zero attached hydrogens (tertiary/aromatic N) is 2. The molecule has 24 heavy (non-hydrogen) atoms. The predicted octanol–water partition coefficient (Wildman–Crippen LogP) is 3.00. The highest BCUT2D eigenvalue weighted by atomic mass is 16.1. The van der Waals surface area contributed by atoms with E-state index in [9.17, 15) is 4.79 Å². The zero-order valence-electron chi connectivity index (χ0n) is 13.2. The summed E-state index contributed by atoms with van der Waals surface area (Å²) in [5.74, 6) is -0.559.